The van der Waals surface area contributed by atoms with E-state index in [9.17, 15) is 4.39 Å². The fourth-order valence-corrected chi connectivity index (χ4v) is 2.02. The highest BCUT2D eigenvalue weighted by molar-refractivity contribution is 9.10. The standard InChI is InChI=1S/C13H10BrClFNO/c14-10-6-9(2-3-12(10)16)18-13-4-1-8(7-17)5-11(13)15/h1-6H,7,17H2. The maximum absolute atomic E-state index is 13.1. The highest BCUT2D eigenvalue weighted by atomic mass is 79.9. The number of halogens is 3. The minimum Gasteiger partial charge on any atom is -0.456 e. The maximum atomic E-state index is 13.1. The van der Waals surface area contributed by atoms with E-state index in [0.29, 0.717) is 27.5 Å². The van der Waals surface area contributed by atoms with Crippen molar-refractivity contribution < 1.29 is 9.13 Å². The molecule has 0 aliphatic rings. The van der Waals surface area contributed by atoms with Crippen LogP contribution in [-0.2, 0) is 6.54 Å². The van der Waals surface area contributed by atoms with Crippen molar-refractivity contribution in [1.82, 2.24) is 0 Å². The average molecular weight is 331 g/mol. The Kier molecular flexibility index (Phi) is 4.22. The molecule has 0 saturated heterocycles. The van der Waals surface area contributed by atoms with Gasteiger partial charge in [0.25, 0.3) is 0 Å². The second-order valence-corrected chi connectivity index (χ2v) is 4.91. The fraction of sp³-hybridized carbons (Fsp3) is 0.0769. The minimum atomic E-state index is -0.341. The second-order valence-electron chi connectivity index (χ2n) is 3.65. The summed E-state index contributed by atoms with van der Waals surface area (Å²) in [7, 11) is 0. The molecule has 0 bridgehead atoms. The Balaban J connectivity index is 2.25. The first-order valence-electron chi connectivity index (χ1n) is 5.21. The number of hydrogen-bond acceptors (Lipinski definition) is 2. The van der Waals surface area contributed by atoms with Gasteiger partial charge in [0.1, 0.15) is 17.3 Å². The molecule has 2 nitrogen and oxygen atoms in total. The number of ether oxygens (including phenoxy) is 1. The van der Waals surface area contributed by atoms with Crippen LogP contribution < -0.4 is 10.5 Å². The second kappa shape index (κ2) is 5.69. The summed E-state index contributed by atoms with van der Waals surface area (Å²) >= 11 is 9.16. The molecule has 94 valence electrons. The summed E-state index contributed by atoms with van der Waals surface area (Å²) in [4.78, 5) is 0. The molecule has 5 heteroatoms. The van der Waals surface area contributed by atoms with Crippen LogP contribution in [0.5, 0.6) is 11.5 Å². The van der Waals surface area contributed by atoms with Gasteiger partial charge in [-0.1, -0.05) is 17.7 Å². The van der Waals surface area contributed by atoms with Crippen molar-refractivity contribution in [2.24, 2.45) is 5.73 Å². The first-order valence-corrected chi connectivity index (χ1v) is 6.38. The lowest BCUT2D eigenvalue weighted by molar-refractivity contribution is 0.480. The lowest BCUT2D eigenvalue weighted by atomic mass is 10.2. The third-order valence-corrected chi connectivity index (χ3v) is 3.25. The molecular formula is C13H10BrClFNO. The van der Waals surface area contributed by atoms with Crippen molar-refractivity contribution in [3.63, 3.8) is 0 Å². The third kappa shape index (κ3) is 3.02. The van der Waals surface area contributed by atoms with E-state index in [0.717, 1.165) is 5.56 Å². The van der Waals surface area contributed by atoms with Crippen LogP contribution in [0, 0.1) is 5.82 Å². The maximum Gasteiger partial charge on any atom is 0.146 e. The lowest BCUT2D eigenvalue weighted by Gasteiger charge is -2.09. The van der Waals surface area contributed by atoms with Crippen LogP contribution in [0.2, 0.25) is 5.02 Å². The highest BCUT2D eigenvalue weighted by Crippen LogP contribution is 2.31. The van der Waals surface area contributed by atoms with Crippen molar-refractivity contribution in [3.05, 3.63) is 57.3 Å². The van der Waals surface area contributed by atoms with Gasteiger partial charge in [0.15, 0.2) is 0 Å². The van der Waals surface area contributed by atoms with Gasteiger partial charge in [0.2, 0.25) is 0 Å². The van der Waals surface area contributed by atoms with Gasteiger partial charge in [-0.05, 0) is 51.8 Å². The molecule has 0 aromatic heterocycles. The molecular weight excluding hydrogens is 321 g/mol. The molecule has 0 atom stereocenters. The molecule has 18 heavy (non-hydrogen) atoms. The summed E-state index contributed by atoms with van der Waals surface area (Å²) in [5.41, 5.74) is 6.43. The van der Waals surface area contributed by atoms with Gasteiger partial charge >= 0.3 is 0 Å². The topological polar surface area (TPSA) is 35.2 Å². The van der Waals surface area contributed by atoms with Crippen LogP contribution in [0.25, 0.3) is 0 Å². The number of benzene rings is 2. The summed E-state index contributed by atoms with van der Waals surface area (Å²) in [6, 6.07) is 9.72. The van der Waals surface area contributed by atoms with E-state index in [4.69, 9.17) is 22.1 Å². The van der Waals surface area contributed by atoms with Gasteiger partial charge in [-0.25, -0.2) is 4.39 Å². The zero-order valence-corrected chi connectivity index (χ0v) is 11.6. The van der Waals surface area contributed by atoms with E-state index in [1.165, 1.54) is 12.1 Å². The van der Waals surface area contributed by atoms with E-state index < -0.39 is 0 Å². The Morgan fingerprint density at radius 2 is 2.00 bits per heavy atom. The first-order chi connectivity index (χ1) is 8.60. The zero-order valence-electron chi connectivity index (χ0n) is 9.29. The van der Waals surface area contributed by atoms with Crippen LogP contribution in [0.1, 0.15) is 5.56 Å². The summed E-state index contributed by atoms with van der Waals surface area (Å²) in [5, 5.41) is 0.471. The summed E-state index contributed by atoms with van der Waals surface area (Å²) in [6.45, 7) is 0.419. The molecule has 0 saturated carbocycles. The normalized spacial score (nSPS) is 10.4. The first kappa shape index (κ1) is 13.3. The van der Waals surface area contributed by atoms with Crippen molar-refractivity contribution in [2.45, 2.75) is 6.54 Å². The lowest BCUT2D eigenvalue weighted by Crippen LogP contribution is -1.96. The quantitative estimate of drug-likeness (QED) is 0.899. The Morgan fingerprint density at radius 3 is 2.61 bits per heavy atom. The minimum absolute atomic E-state index is 0.341. The number of hydrogen-bond donors (Lipinski definition) is 1. The van der Waals surface area contributed by atoms with Gasteiger partial charge < -0.3 is 10.5 Å². The van der Waals surface area contributed by atoms with Gasteiger partial charge in [-0.2, -0.15) is 0 Å². The van der Waals surface area contributed by atoms with Gasteiger partial charge in [0.05, 0.1) is 9.50 Å². The number of nitrogens with two attached hydrogens (primary N) is 1. The molecule has 0 aliphatic heterocycles. The summed E-state index contributed by atoms with van der Waals surface area (Å²) < 4.78 is 19.0. The van der Waals surface area contributed by atoms with Crippen LogP contribution in [-0.4, -0.2) is 0 Å². The largest absolute Gasteiger partial charge is 0.456 e. The van der Waals surface area contributed by atoms with E-state index in [1.807, 2.05) is 6.07 Å². The van der Waals surface area contributed by atoms with E-state index in [-0.39, 0.29) is 5.82 Å². The van der Waals surface area contributed by atoms with Crippen LogP contribution in [0.15, 0.2) is 40.9 Å². The smallest absolute Gasteiger partial charge is 0.146 e. The molecule has 0 spiro atoms. The Bertz CT molecular complexity index is 577. The SMILES string of the molecule is NCc1ccc(Oc2ccc(F)c(Br)c2)c(Cl)c1. The molecule has 0 heterocycles. The van der Waals surface area contributed by atoms with E-state index in [1.54, 1.807) is 18.2 Å². The summed E-state index contributed by atoms with van der Waals surface area (Å²) in [6.07, 6.45) is 0. The third-order valence-electron chi connectivity index (χ3n) is 2.35. The van der Waals surface area contributed by atoms with Crippen molar-refractivity contribution in [2.75, 3.05) is 0 Å². The van der Waals surface area contributed by atoms with Crippen LogP contribution in [0.3, 0.4) is 0 Å². The summed E-state index contributed by atoms with van der Waals surface area (Å²) in [5.74, 6) is 0.671. The van der Waals surface area contributed by atoms with Crippen molar-refractivity contribution >= 4 is 27.5 Å². The highest BCUT2D eigenvalue weighted by Gasteiger charge is 2.06. The van der Waals surface area contributed by atoms with Crippen LogP contribution >= 0.6 is 27.5 Å². The number of rotatable bonds is 3. The molecule has 0 radical (unpaired) electrons. The van der Waals surface area contributed by atoms with E-state index >= 15 is 0 Å². The Morgan fingerprint density at radius 1 is 1.22 bits per heavy atom. The molecule has 2 N–H and O–H groups in total. The monoisotopic (exact) mass is 329 g/mol. The van der Waals surface area contributed by atoms with Crippen molar-refractivity contribution in [1.29, 1.82) is 0 Å². The Labute approximate surface area is 118 Å². The molecule has 2 aromatic rings. The molecule has 0 unspecified atom stereocenters. The average Bonchev–Trinajstić information content (AvgIpc) is 2.36. The molecule has 2 rings (SSSR count). The van der Waals surface area contributed by atoms with Crippen LogP contribution in [0.4, 0.5) is 4.39 Å². The van der Waals surface area contributed by atoms with Gasteiger partial charge in [-0.15, -0.1) is 0 Å². The predicted octanol–water partition coefficient (Wildman–Crippen LogP) is 4.49. The fourth-order valence-electron chi connectivity index (χ4n) is 1.42. The zero-order chi connectivity index (χ0) is 13.1. The molecule has 0 aliphatic carbocycles. The molecule has 2 aromatic carbocycles. The predicted molar refractivity (Wildman–Crippen MR) is 73.5 cm³/mol. The molecule has 0 fully saturated rings. The van der Waals surface area contributed by atoms with Gasteiger partial charge in [0, 0.05) is 6.54 Å². The van der Waals surface area contributed by atoms with Crippen molar-refractivity contribution in [3.8, 4) is 11.5 Å². The Hall–Kier alpha value is -1.10. The van der Waals surface area contributed by atoms with E-state index in [2.05, 4.69) is 15.9 Å². The molecule has 0 amide bonds. The van der Waals surface area contributed by atoms with Gasteiger partial charge in [-0.3, -0.25) is 0 Å².